The van der Waals surface area contributed by atoms with Gasteiger partial charge in [0.2, 0.25) is 0 Å². The highest BCUT2D eigenvalue weighted by Gasteiger charge is 2.21. The Labute approximate surface area is 506 Å². The molecule has 0 nitrogen and oxygen atoms in total. The van der Waals surface area contributed by atoms with Gasteiger partial charge in [0.15, 0.2) is 0 Å². The van der Waals surface area contributed by atoms with Gasteiger partial charge in [-0.1, -0.05) is 230 Å². The normalized spacial score (nSPS) is 11.4. The molecule has 12 rings (SSSR count). The molecule has 0 spiro atoms. The van der Waals surface area contributed by atoms with Crippen molar-refractivity contribution in [3.8, 4) is 122 Å². The summed E-state index contributed by atoms with van der Waals surface area (Å²) < 4.78 is 0. The van der Waals surface area contributed by atoms with Crippen molar-refractivity contribution < 1.29 is 0 Å². The van der Waals surface area contributed by atoms with Gasteiger partial charge >= 0.3 is 0 Å². The summed E-state index contributed by atoms with van der Waals surface area (Å²) in [5, 5.41) is 0. The van der Waals surface area contributed by atoms with Crippen LogP contribution in [0, 0.1) is 90.0 Å². The van der Waals surface area contributed by atoms with Crippen LogP contribution in [-0.2, 0) is 0 Å². The smallest absolute Gasteiger partial charge is 0.0120 e. The minimum atomic E-state index is 1.21. The van der Waals surface area contributed by atoms with E-state index < -0.39 is 0 Å². The molecule has 0 saturated carbocycles. The van der Waals surface area contributed by atoms with Crippen molar-refractivity contribution in [2.75, 3.05) is 0 Å². The maximum Gasteiger partial charge on any atom is -0.0120 e. The van der Waals surface area contributed by atoms with Gasteiger partial charge < -0.3 is 0 Å². The van der Waals surface area contributed by atoms with Crippen LogP contribution in [-0.4, -0.2) is 0 Å². The largest absolute Gasteiger partial charge is 0.0622 e. The van der Waals surface area contributed by atoms with E-state index in [1.54, 1.807) is 0 Å². The summed E-state index contributed by atoms with van der Waals surface area (Å²) in [6.07, 6.45) is 0. The molecule has 0 amide bonds. The van der Waals surface area contributed by atoms with Gasteiger partial charge in [0.05, 0.1) is 0 Å². The molecule has 0 heterocycles. The number of aryl methyl sites for hydroxylation is 1. The van der Waals surface area contributed by atoms with E-state index in [9.17, 15) is 0 Å². The molecule has 0 atom stereocenters. The second kappa shape index (κ2) is 23.0. The Morgan fingerprint density at radius 1 is 0.118 bits per heavy atom. The van der Waals surface area contributed by atoms with Crippen molar-refractivity contribution in [3.05, 3.63) is 297 Å². The Bertz CT molecular complexity index is 4370. The summed E-state index contributed by atoms with van der Waals surface area (Å²) in [4.78, 5) is 0. The fraction of sp³-hybridized carbons (Fsp3) is 0.153. The highest BCUT2D eigenvalue weighted by molar-refractivity contribution is 5.88. The molecule has 0 N–H and O–H groups in total. The van der Waals surface area contributed by atoms with Crippen molar-refractivity contribution in [3.63, 3.8) is 0 Å². The quantitative estimate of drug-likeness (QED) is 0.121. The first-order valence-electron chi connectivity index (χ1n) is 30.2. The second-order valence-corrected chi connectivity index (χ2v) is 24.0. The van der Waals surface area contributed by atoms with Crippen LogP contribution < -0.4 is 0 Å². The lowest BCUT2D eigenvalue weighted by molar-refractivity contribution is 1.24. The zero-order chi connectivity index (χ0) is 59.4. The fourth-order valence-electron chi connectivity index (χ4n) is 13.7. The maximum atomic E-state index is 2.31. The summed E-state index contributed by atoms with van der Waals surface area (Å²) in [5.41, 5.74) is 45.3. The van der Waals surface area contributed by atoms with Crippen LogP contribution in [0.15, 0.2) is 224 Å². The van der Waals surface area contributed by atoms with Crippen molar-refractivity contribution in [1.82, 2.24) is 0 Å². The first-order valence-corrected chi connectivity index (χ1v) is 30.2. The van der Waals surface area contributed by atoms with Crippen LogP contribution >= 0.6 is 0 Å². The first kappa shape index (κ1) is 56.1. The Morgan fingerprint density at radius 2 is 0.235 bits per heavy atom. The van der Waals surface area contributed by atoms with E-state index in [1.165, 1.54) is 195 Å². The second-order valence-electron chi connectivity index (χ2n) is 24.0. The van der Waals surface area contributed by atoms with Gasteiger partial charge in [0.1, 0.15) is 0 Å². The molecule has 0 fully saturated rings. The van der Waals surface area contributed by atoms with Gasteiger partial charge in [-0.3, -0.25) is 0 Å². The van der Waals surface area contributed by atoms with Crippen molar-refractivity contribution in [1.29, 1.82) is 0 Å². The lowest BCUT2D eigenvalue weighted by Crippen LogP contribution is -2.00. The third-order valence-corrected chi connectivity index (χ3v) is 19.3. The Kier molecular flexibility index (Phi) is 15.2. The lowest BCUT2D eigenvalue weighted by Gasteiger charge is -2.22. The third kappa shape index (κ3) is 10.4. The molecular weight excluding hydrogens is 1020 g/mol. The SMILES string of the molecule is Cc1ccc(-c2c(C)c(C)c(-c3ccc(-c4ccc(-c5ccc(-c6c(C)c(C)c(-c7ccc(-c8ccc(-c9ccc(-c%10c(C)c(C)c(-c%11ccc(-c%12ccccc%12)cc%11)c(C)c%10C)cc9)cc8)cc7)c(C)c6C)cc5)cc4)cc3)c(C)c2C)cc1. The summed E-state index contributed by atoms with van der Waals surface area (Å²) in [6, 6.07) is 83.4. The first-order chi connectivity index (χ1) is 41.1. The molecule has 0 radical (unpaired) electrons. The highest BCUT2D eigenvalue weighted by atomic mass is 14.3. The standard InChI is InChI=1S/C85H76/c1-51-19-21-74(22-20-51)80-52(2)54(4)81(55(5)53(80)3)76-43-33-70(34-44-76)66-23-25-67(26-24-66)72-37-47-78(48-38-72)84-60(10)62(12)85(63(13)61(84)11)79-49-39-73(40-50-79)69-29-27-68(28-30-69)71-35-45-77(46-36-71)83-58(8)56(6)82(57(7)59(83)9)75-41-31-65(32-42-75)64-17-15-14-16-18-64/h14-50H,1-13H3. The van der Waals surface area contributed by atoms with Crippen LogP contribution in [0.25, 0.3) is 122 Å². The molecule has 0 bridgehead atoms. The molecule has 0 aliphatic heterocycles. The van der Waals surface area contributed by atoms with Crippen LogP contribution in [0.4, 0.5) is 0 Å². The van der Waals surface area contributed by atoms with Gasteiger partial charge in [0.25, 0.3) is 0 Å². The third-order valence-electron chi connectivity index (χ3n) is 19.3. The summed E-state index contributed by atoms with van der Waals surface area (Å²) >= 11 is 0. The van der Waals surface area contributed by atoms with E-state index in [0.29, 0.717) is 0 Å². The Morgan fingerprint density at radius 3 is 0.388 bits per heavy atom. The fourth-order valence-corrected chi connectivity index (χ4v) is 13.7. The van der Waals surface area contributed by atoms with Crippen molar-refractivity contribution in [2.24, 2.45) is 0 Å². The summed E-state index contributed by atoms with van der Waals surface area (Å²) in [6.45, 7) is 29.6. The number of rotatable bonds is 11. The molecule has 0 aliphatic carbocycles. The average Bonchev–Trinajstić information content (AvgIpc) is 2.29. The Balaban J connectivity index is 0.713. The topological polar surface area (TPSA) is 0 Å². The van der Waals surface area contributed by atoms with E-state index in [0.717, 1.165) is 0 Å². The molecule has 0 unspecified atom stereocenters. The van der Waals surface area contributed by atoms with E-state index in [4.69, 9.17) is 0 Å². The number of hydrogen-bond acceptors (Lipinski definition) is 0. The monoisotopic (exact) mass is 1100 g/mol. The molecule has 0 heteroatoms. The van der Waals surface area contributed by atoms with E-state index in [-0.39, 0.29) is 0 Å². The van der Waals surface area contributed by atoms with Crippen molar-refractivity contribution >= 4 is 0 Å². The molecule has 0 aromatic heterocycles. The zero-order valence-electron chi connectivity index (χ0n) is 51.9. The van der Waals surface area contributed by atoms with E-state index in [2.05, 4.69) is 314 Å². The molecule has 12 aromatic carbocycles. The summed E-state index contributed by atoms with van der Waals surface area (Å²) in [7, 11) is 0. The molecule has 85 heavy (non-hydrogen) atoms. The number of hydrogen-bond donors (Lipinski definition) is 0. The zero-order valence-corrected chi connectivity index (χ0v) is 51.9. The van der Waals surface area contributed by atoms with Crippen LogP contribution in [0.1, 0.15) is 72.3 Å². The molecule has 416 valence electrons. The van der Waals surface area contributed by atoms with E-state index in [1.807, 2.05) is 0 Å². The van der Waals surface area contributed by atoms with Crippen LogP contribution in [0.5, 0.6) is 0 Å². The minimum absolute atomic E-state index is 1.21. The molecule has 12 aromatic rings. The minimum Gasteiger partial charge on any atom is -0.0622 e. The van der Waals surface area contributed by atoms with Gasteiger partial charge in [-0.25, -0.2) is 0 Å². The average molecular weight is 1100 g/mol. The highest BCUT2D eigenvalue weighted by Crippen LogP contribution is 2.44. The van der Waals surface area contributed by atoms with Crippen molar-refractivity contribution in [2.45, 2.75) is 90.0 Å². The van der Waals surface area contributed by atoms with Crippen LogP contribution in [0.2, 0.25) is 0 Å². The number of benzene rings is 12. The lowest BCUT2D eigenvalue weighted by atomic mass is 9.83. The van der Waals surface area contributed by atoms with Gasteiger partial charge in [-0.15, -0.1) is 0 Å². The Hall–Kier alpha value is -9.36. The van der Waals surface area contributed by atoms with Crippen LogP contribution in [0.3, 0.4) is 0 Å². The molecule has 0 aliphatic rings. The van der Waals surface area contributed by atoms with Gasteiger partial charge in [-0.2, -0.15) is 0 Å². The predicted molar refractivity (Wildman–Crippen MR) is 368 cm³/mol. The molecular formula is C85H76. The van der Waals surface area contributed by atoms with Gasteiger partial charge in [0, 0.05) is 0 Å². The van der Waals surface area contributed by atoms with Gasteiger partial charge in [-0.05, 0) is 279 Å². The van der Waals surface area contributed by atoms with E-state index >= 15 is 0 Å². The molecule has 0 saturated heterocycles. The predicted octanol–water partition coefficient (Wildman–Crippen LogP) is 24.0. The summed E-state index contributed by atoms with van der Waals surface area (Å²) in [5.74, 6) is 0. The maximum absolute atomic E-state index is 2.31.